The molecule has 3 N–H and O–H groups in total. The molecule has 0 aliphatic heterocycles. The van der Waals surface area contributed by atoms with Crippen LogP contribution in [0.1, 0.15) is 11.1 Å². The average Bonchev–Trinajstić information content (AvgIpc) is 2.40. The molecule has 0 aliphatic rings. The number of hydrogen-bond acceptors (Lipinski definition) is 5. The molecule has 2 aromatic carbocycles. The number of nitrogen functional groups attached to an aromatic ring is 1. The predicted octanol–water partition coefficient (Wildman–Crippen LogP) is 4.20. The summed E-state index contributed by atoms with van der Waals surface area (Å²) in [6.07, 6.45) is 0. The van der Waals surface area contributed by atoms with Gasteiger partial charge in [0.15, 0.2) is 0 Å². The molecule has 0 fully saturated rings. The van der Waals surface area contributed by atoms with Crippen molar-refractivity contribution in [2.45, 2.75) is 18.7 Å². The molecule has 0 saturated heterocycles. The van der Waals surface area contributed by atoms with E-state index in [9.17, 15) is 8.42 Å². The zero-order valence-electron chi connectivity index (χ0n) is 11.9. The van der Waals surface area contributed by atoms with Crippen molar-refractivity contribution in [2.75, 3.05) is 5.73 Å². The molecule has 0 atom stereocenters. The van der Waals surface area contributed by atoms with Crippen LogP contribution < -0.4 is 5.73 Å². The van der Waals surface area contributed by atoms with Crippen LogP contribution in [0.25, 0.3) is 0 Å². The lowest BCUT2D eigenvalue weighted by molar-refractivity contribution is 0.483. The minimum Gasteiger partial charge on any atom is -0.399 e. The van der Waals surface area contributed by atoms with Crippen molar-refractivity contribution in [3.8, 4) is 0 Å². The van der Waals surface area contributed by atoms with E-state index in [4.69, 9.17) is 21.9 Å². The zero-order chi connectivity index (χ0) is 16.5. The largest absolute Gasteiger partial charge is 0.399 e. The van der Waals surface area contributed by atoms with E-state index in [-0.39, 0.29) is 15.6 Å². The van der Waals surface area contributed by atoms with Crippen LogP contribution in [0, 0.1) is 13.8 Å². The lowest BCUT2D eigenvalue weighted by Gasteiger charge is -2.05. The summed E-state index contributed by atoms with van der Waals surface area (Å²) < 4.78 is 31.6. The second-order valence-corrected chi connectivity index (χ2v) is 6.60. The molecule has 0 amide bonds. The minimum absolute atomic E-state index is 0.179. The van der Waals surface area contributed by atoms with Crippen LogP contribution in [-0.4, -0.2) is 13.0 Å². The number of halogens is 1. The second-order valence-electron chi connectivity index (χ2n) is 4.77. The zero-order valence-corrected chi connectivity index (χ0v) is 13.5. The number of hydrogen-bond donors (Lipinski definition) is 2. The van der Waals surface area contributed by atoms with Crippen molar-refractivity contribution in [2.24, 2.45) is 10.2 Å². The number of benzene rings is 2. The Hall–Kier alpha value is -1.96. The summed E-state index contributed by atoms with van der Waals surface area (Å²) in [6.45, 7) is 3.51. The highest BCUT2D eigenvalue weighted by atomic mass is 35.5. The molecule has 8 heteroatoms. The third-order valence-electron chi connectivity index (χ3n) is 3.07. The highest BCUT2D eigenvalue weighted by Gasteiger charge is 2.14. The van der Waals surface area contributed by atoms with Gasteiger partial charge in [-0.3, -0.25) is 4.55 Å². The van der Waals surface area contributed by atoms with Crippen LogP contribution >= 0.6 is 11.6 Å². The van der Waals surface area contributed by atoms with E-state index in [1.54, 1.807) is 25.1 Å². The molecule has 0 saturated carbocycles. The molecule has 0 radical (unpaired) electrons. The maximum Gasteiger partial charge on any atom is 0.294 e. The molecule has 2 rings (SSSR count). The van der Waals surface area contributed by atoms with E-state index in [0.29, 0.717) is 16.9 Å². The third kappa shape index (κ3) is 3.62. The fraction of sp³-hybridized carbons (Fsp3) is 0.143. The van der Waals surface area contributed by atoms with Gasteiger partial charge in [0.05, 0.1) is 16.3 Å². The Balaban J connectivity index is 2.49. The molecule has 0 heterocycles. The monoisotopic (exact) mass is 339 g/mol. The maximum absolute atomic E-state index is 11.2. The first kappa shape index (κ1) is 16.4. The molecular formula is C14H14ClN3O3S. The van der Waals surface area contributed by atoms with Gasteiger partial charge in [0.25, 0.3) is 10.1 Å². The fourth-order valence-electron chi connectivity index (χ4n) is 1.79. The summed E-state index contributed by atoms with van der Waals surface area (Å²) >= 11 is 5.97. The molecule has 0 aliphatic carbocycles. The van der Waals surface area contributed by atoms with E-state index in [2.05, 4.69) is 10.2 Å². The van der Waals surface area contributed by atoms with Gasteiger partial charge in [-0.25, -0.2) is 0 Å². The molecular weight excluding hydrogens is 326 g/mol. The van der Waals surface area contributed by atoms with Crippen LogP contribution in [0.3, 0.4) is 0 Å². The minimum atomic E-state index is -4.36. The van der Waals surface area contributed by atoms with E-state index in [0.717, 1.165) is 5.56 Å². The topological polar surface area (TPSA) is 105 Å². The number of azo groups is 1. The van der Waals surface area contributed by atoms with Crippen molar-refractivity contribution in [3.05, 3.63) is 46.5 Å². The third-order valence-corrected chi connectivity index (χ3v) is 4.30. The lowest BCUT2D eigenvalue weighted by atomic mass is 10.2. The van der Waals surface area contributed by atoms with Crippen molar-refractivity contribution < 1.29 is 13.0 Å². The predicted molar refractivity (Wildman–Crippen MR) is 85.8 cm³/mol. The number of aryl methyl sites for hydroxylation is 1. The molecule has 22 heavy (non-hydrogen) atoms. The summed E-state index contributed by atoms with van der Waals surface area (Å²) in [7, 11) is -4.36. The summed E-state index contributed by atoms with van der Waals surface area (Å²) in [5, 5.41) is 8.28. The van der Waals surface area contributed by atoms with Gasteiger partial charge < -0.3 is 5.73 Å². The summed E-state index contributed by atoms with van der Waals surface area (Å²) in [6, 6.07) is 7.53. The standard InChI is InChI=1S/C14H14ClN3O3S/c1-8-5-10(16)3-4-13(8)17-18-14-7-11(22(19,20)21)6-12(15)9(14)2/h3-7H,16H2,1-2H3,(H,19,20,21). The fourth-order valence-corrected chi connectivity index (χ4v) is 2.60. The molecule has 2 aromatic rings. The molecule has 116 valence electrons. The van der Waals surface area contributed by atoms with Crippen molar-refractivity contribution in [1.82, 2.24) is 0 Å². The summed E-state index contributed by atoms with van der Waals surface area (Å²) in [5.41, 5.74) is 8.53. The first-order valence-electron chi connectivity index (χ1n) is 6.24. The smallest absolute Gasteiger partial charge is 0.294 e. The van der Waals surface area contributed by atoms with Gasteiger partial charge in [0, 0.05) is 10.7 Å². The van der Waals surface area contributed by atoms with E-state index >= 15 is 0 Å². The first-order valence-corrected chi connectivity index (χ1v) is 8.06. The second kappa shape index (κ2) is 6.04. The highest BCUT2D eigenvalue weighted by molar-refractivity contribution is 7.85. The van der Waals surface area contributed by atoms with E-state index in [1.165, 1.54) is 12.1 Å². The SMILES string of the molecule is Cc1cc(N)ccc1N=Nc1cc(S(=O)(=O)O)cc(Cl)c1C. The quantitative estimate of drug-likeness (QED) is 0.496. The van der Waals surface area contributed by atoms with Crippen LogP contribution in [0.15, 0.2) is 45.5 Å². The van der Waals surface area contributed by atoms with E-state index in [1.807, 2.05) is 6.92 Å². The van der Waals surface area contributed by atoms with Crippen LogP contribution in [0.2, 0.25) is 5.02 Å². The molecule has 0 unspecified atom stereocenters. The summed E-state index contributed by atoms with van der Waals surface area (Å²) in [4.78, 5) is -0.328. The van der Waals surface area contributed by atoms with Gasteiger partial charge in [0.2, 0.25) is 0 Å². The number of anilines is 1. The van der Waals surface area contributed by atoms with E-state index < -0.39 is 10.1 Å². The molecule has 6 nitrogen and oxygen atoms in total. The summed E-state index contributed by atoms with van der Waals surface area (Å²) in [5.74, 6) is 0. The van der Waals surface area contributed by atoms with Crippen LogP contribution in [0.4, 0.5) is 17.1 Å². The Labute approximate surface area is 133 Å². The first-order chi connectivity index (χ1) is 10.2. The van der Waals surface area contributed by atoms with Crippen molar-refractivity contribution >= 4 is 38.8 Å². The van der Waals surface area contributed by atoms with Gasteiger partial charge >= 0.3 is 0 Å². The normalized spacial score (nSPS) is 12.0. The number of rotatable bonds is 3. The Bertz CT molecular complexity index is 864. The van der Waals surface area contributed by atoms with Gasteiger partial charge in [-0.05, 0) is 55.3 Å². The molecule has 0 bridgehead atoms. The highest BCUT2D eigenvalue weighted by Crippen LogP contribution is 2.32. The number of nitrogens with two attached hydrogens (primary N) is 1. The van der Waals surface area contributed by atoms with Gasteiger partial charge in [-0.2, -0.15) is 18.6 Å². The Morgan fingerprint density at radius 2 is 1.73 bits per heavy atom. The van der Waals surface area contributed by atoms with Gasteiger partial charge in [-0.15, -0.1) is 0 Å². The van der Waals surface area contributed by atoms with Crippen LogP contribution in [-0.2, 0) is 10.1 Å². The Morgan fingerprint density at radius 1 is 1.09 bits per heavy atom. The number of nitrogens with zero attached hydrogens (tertiary/aromatic N) is 2. The average molecular weight is 340 g/mol. The van der Waals surface area contributed by atoms with Crippen molar-refractivity contribution in [1.29, 1.82) is 0 Å². The van der Waals surface area contributed by atoms with Gasteiger partial charge in [0.1, 0.15) is 0 Å². The molecule has 0 spiro atoms. The lowest BCUT2D eigenvalue weighted by Crippen LogP contribution is -1.98. The maximum atomic E-state index is 11.2. The van der Waals surface area contributed by atoms with Crippen molar-refractivity contribution in [3.63, 3.8) is 0 Å². The van der Waals surface area contributed by atoms with Gasteiger partial charge in [-0.1, -0.05) is 11.6 Å². The molecule has 0 aromatic heterocycles. The van der Waals surface area contributed by atoms with Crippen LogP contribution in [0.5, 0.6) is 0 Å². The Morgan fingerprint density at radius 3 is 2.32 bits per heavy atom. The Kier molecular flexibility index (Phi) is 4.50.